The molecule has 256 valence electrons. The molecular weight excluding hydrogens is 694 g/mol. The molecule has 0 amide bonds. The summed E-state index contributed by atoms with van der Waals surface area (Å²) in [6.07, 6.45) is 2.34. The predicted octanol–water partition coefficient (Wildman–Crippen LogP) is 8.57. The Balaban J connectivity index is 1.59. The Morgan fingerprint density at radius 3 is 1.84 bits per heavy atom. The molecule has 0 aromatic heterocycles. The van der Waals surface area contributed by atoms with Gasteiger partial charge in [0, 0.05) is 10.0 Å². The van der Waals surface area contributed by atoms with Gasteiger partial charge in [-0.1, -0.05) is 120 Å². The van der Waals surface area contributed by atoms with Crippen LogP contribution >= 0.6 is 15.9 Å². The van der Waals surface area contributed by atoms with E-state index in [1.807, 2.05) is 110 Å². The molecule has 0 spiro atoms. The largest absolute Gasteiger partial charge is 0.464 e. The average Bonchev–Trinajstić information content (AvgIpc) is 3.42. The minimum absolute atomic E-state index is 0.0221. The van der Waals surface area contributed by atoms with Crippen molar-refractivity contribution in [3.63, 3.8) is 0 Å². The molecule has 1 saturated heterocycles. The van der Waals surface area contributed by atoms with Gasteiger partial charge < -0.3 is 14.2 Å². The molecule has 1 fully saturated rings. The van der Waals surface area contributed by atoms with E-state index in [9.17, 15) is 9.59 Å². The Kier molecular flexibility index (Phi) is 10.5. The molecule has 5 aromatic rings. The van der Waals surface area contributed by atoms with E-state index in [2.05, 4.69) is 27.3 Å². The Bertz CT molecular complexity index is 1990. The van der Waals surface area contributed by atoms with Crippen molar-refractivity contribution in [1.29, 1.82) is 0 Å². The van der Waals surface area contributed by atoms with Crippen molar-refractivity contribution < 1.29 is 28.6 Å². The first kappa shape index (κ1) is 35.1. The smallest absolute Gasteiger partial charge is 0.342 e. The number of fused-ring (bicyclic) bond motifs is 2. The summed E-state index contributed by atoms with van der Waals surface area (Å²) in [6.45, 7) is 5.28. The van der Waals surface area contributed by atoms with Crippen LogP contribution in [0, 0.1) is 5.41 Å². The summed E-state index contributed by atoms with van der Waals surface area (Å²) in [5.74, 6) is -2.24. The van der Waals surface area contributed by atoms with Crippen molar-refractivity contribution in [2.75, 3.05) is 13.2 Å². The number of ether oxygens (including phenoxy) is 3. The number of benzene rings is 5. The number of hydrogen-bond acceptors (Lipinski definition) is 7. The quantitative estimate of drug-likeness (QED) is 0.0478. The molecule has 1 heterocycles. The summed E-state index contributed by atoms with van der Waals surface area (Å²) < 4.78 is 18.6. The molecule has 0 aliphatic carbocycles. The Morgan fingerprint density at radius 2 is 1.28 bits per heavy atom. The molecule has 0 saturated carbocycles. The van der Waals surface area contributed by atoms with Gasteiger partial charge >= 0.3 is 17.9 Å². The number of rotatable bonds is 11. The van der Waals surface area contributed by atoms with Crippen LogP contribution in [-0.2, 0) is 41.6 Å². The summed E-state index contributed by atoms with van der Waals surface area (Å²) in [5, 5.41) is 7.37. The first-order valence-corrected chi connectivity index (χ1v) is 17.8. The van der Waals surface area contributed by atoms with Crippen LogP contribution in [0.1, 0.15) is 49.9 Å². The number of carbonyl (C=O) groups excluding carboxylic acids is 3. The first-order valence-electron chi connectivity index (χ1n) is 17.0. The van der Waals surface area contributed by atoms with Gasteiger partial charge in [0.1, 0.15) is 12.0 Å². The molecular formula is C42H40BrNO6. The zero-order valence-electron chi connectivity index (χ0n) is 28.4. The van der Waals surface area contributed by atoms with Crippen LogP contribution in [0.25, 0.3) is 21.5 Å². The van der Waals surface area contributed by atoms with Crippen LogP contribution < -0.4 is 5.32 Å². The molecule has 8 heteroatoms. The summed E-state index contributed by atoms with van der Waals surface area (Å²) in [5.41, 5.74) is -1.04. The fourth-order valence-electron chi connectivity index (χ4n) is 7.31. The van der Waals surface area contributed by atoms with Crippen LogP contribution in [0.4, 0.5) is 0 Å². The Labute approximate surface area is 300 Å². The van der Waals surface area contributed by atoms with Crippen molar-refractivity contribution in [2.45, 2.75) is 51.8 Å². The molecule has 0 radical (unpaired) electrons. The van der Waals surface area contributed by atoms with E-state index in [1.54, 1.807) is 19.9 Å². The predicted molar refractivity (Wildman–Crippen MR) is 198 cm³/mol. The van der Waals surface area contributed by atoms with Gasteiger partial charge in [-0.05, 0) is 83.1 Å². The molecule has 6 rings (SSSR count). The second-order valence-electron chi connectivity index (χ2n) is 12.4. The number of allylic oxidation sites excluding steroid dienone is 1. The molecule has 1 aliphatic heterocycles. The molecule has 1 aliphatic rings. The normalized spacial score (nSPS) is 19.0. The molecule has 0 bridgehead atoms. The fraction of sp³-hybridized carbons (Fsp3) is 0.262. The standard InChI is InChI=1S/C42H40BrNO6/c1-4-14-36-41(26-28-15-8-7-9-16-28,38(45)50-27-35-33-19-12-10-17-30(33)25-31-18-11-13-20-34(31)35)37(29-21-23-32(43)24-22-29)44-42(36,39(46)48-5-2)40(47)49-6-3/h7-25,37,44H,4-6,26-27H2,1-3H3/b36-14-. The van der Waals surface area contributed by atoms with Crippen LogP contribution in [0.3, 0.4) is 0 Å². The van der Waals surface area contributed by atoms with Gasteiger partial charge in [0.15, 0.2) is 0 Å². The lowest BCUT2D eigenvalue weighted by molar-refractivity contribution is -0.163. The van der Waals surface area contributed by atoms with Crippen molar-refractivity contribution in [3.05, 3.63) is 142 Å². The summed E-state index contributed by atoms with van der Waals surface area (Å²) in [7, 11) is 0. The molecule has 2 atom stereocenters. The minimum atomic E-state index is -2.11. The van der Waals surface area contributed by atoms with E-state index >= 15 is 4.79 Å². The minimum Gasteiger partial charge on any atom is -0.464 e. The van der Waals surface area contributed by atoms with Crippen LogP contribution in [0.2, 0.25) is 0 Å². The van der Waals surface area contributed by atoms with Gasteiger partial charge in [-0.3, -0.25) is 10.1 Å². The van der Waals surface area contributed by atoms with Crippen molar-refractivity contribution in [2.24, 2.45) is 5.41 Å². The van der Waals surface area contributed by atoms with Gasteiger partial charge in [-0.25, -0.2) is 9.59 Å². The van der Waals surface area contributed by atoms with Gasteiger partial charge in [-0.15, -0.1) is 0 Å². The maximum atomic E-state index is 15.4. The maximum Gasteiger partial charge on any atom is 0.342 e. The van der Waals surface area contributed by atoms with Crippen molar-refractivity contribution in [1.82, 2.24) is 5.32 Å². The summed E-state index contributed by atoms with van der Waals surface area (Å²) >= 11 is 3.53. The topological polar surface area (TPSA) is 90.9 Å². The third-order valence-corrected chi connectivity index (χ3v) is 9.96. The summed E-state index contributed by atoms with van der Waals surface area (Å²) in [4.78, 5) is 43.9. The average molecular weight is 735 g/mol. The molecule has 1 N–H and O–H groups in total. The second-order valence-corrected chi connectivity index (χ2v) is 13.3. The van der Waals surface area contributed by atoms with Gasteiger partial charge in [0.05, 0.1) is 19.3 Å². The van der Waals surface area contributed by atoms with Gasteiger partial charge in [-0.2, -0.15) is 0 Å². The number of esters is 3. The van der Waals surface area contributed by atoms with Gasteiger partial charge in [0.2, 0.25) is 5.54 Å². The SMILES string of the molecule is CC/C=C1\C(C(=O)OCC)(C(=O)OCC)NC(c2ccc(Br)cc2)C1(Cc1ccccc1)C(=O)OCc1c2ccccc2cc2ccccc12. The van der Waals surface area contributed by atoms with Crippen LogP contribution in [0.5, 0.6) is 0 Å². The number of nitrogens with one attached hydrogen (secondary N) is 1. The highest BCUT2D eigenvalue weighted by molar-refractivity contribution is 9.10. The van der Waals surface area contributed by atoms with E-state index in [1.165, 1.54) is 0 Å². The highest BCUT2D eigenvalue weighted by Crippen LogP contribution is 2.56. The fourth-order valence-corrected chi connectivity index (χ4v) is 7.58. The molecule has 7 nitrogen and oxygen atoms in total. The zero-order valence-corrected chi connectivity index (χ0v) is 30.0. The van der Waals surface area contributed by atoms with Crippen LogP contribution in [0.15, 0.2) is 125 Å². The van der Waals surface area contributed by atoms with Gasteiger partial charge in [0.25, 0.3) is 0 Å². The highest BCUT2D eigenvalue weighted by Gasteiger charge is 2.70. The number of hydrogen-bond donors (Lipinski definition) is 1. The monoisotopic (exact) mass is 733 g/mol. The van der Waals surface area contributed by atoms with E-state index in [0.717, 1.165) is 37.1 Å². The van der Waals surface area contributed by atoms with Crippen molar-refractivity contribution >= 4 is 55.4 Å². The molecule has 2 unspecified atom stereocenters. The summed E-state index contributed by atoms with van der Waals surface area (Å²) in [6, 6.07) is 34.4. The van der Waals surface area contributed by atoms with E-state index in [0.29, 0.717) is 12.0 Å². The lowest BCUT2D eigenvalue weighted by atomic mass is 9.66. The lowest BCUT2D eigenvalue weighted by Gasteiger charge is -2.35. The van der Waals surface area contributed by atoms with E-state index in [-0.39, 0.29) is 31.8 Å². The van der Waals surface area contributed by atoms with E-state index < -0.39 is 34.9 Å². The second kappa shape index (κ2) is 15.0. The third-order valence-electron chi connectivity index (χ3n) is 9.43. The third kappa shape index (κ3) is 6.22. The molecule has 5 aromatic carbocycles. The van der Waals surface area contributed by atoms with E-state index in [4.69, 9.17) is 14.2 Å². The van der Waals surface area contributed by atoms with Crippen molar-refractivity contribution in [3.8, 4) is 0 Å². The highest BCUT2D eigenvalue weighted by atomic mass is 79.9. The lowest BCUT2D eigenvalue weighted by Crippen LogP contribution is -2.57. The number of halogens is 1. The zero-order chi connectivity index (χ0) is 35.3. The maximum absolute atomic E-state index is 15.4. The first-order chi connectivity index (χ1) is 24.3. The molecule has 50 heavy (non-hydrogen) atoms. The van der Waals surface area contributed by atoms with Crippen LogP contribution in [-0.4, -0.2) is 36.7 Å². The Morgan fingerprint density at radius 1 is 0.720 bits per heavy atom. The number of carbonyl (C=O) groups is 3. The Hall–Kier alpha value is -4.79.